The van der Waals surface area contributed by atoms with Gasteiger partial charge in [0.2, 0.25) is 0 Å². The van der Waals surface area contributed by atoms with Crippen LogP contribution in [0.2, 0.25) is 0 Å². The molecular formula is C15H19NOS. The zero-order chi connectivity index (χ0) is 12.8. The van der Waals surface area contributed by atoms with Gasteiger partial charge in [-0.2, -0.15) is 11.8 Å². The van der Waals surface area contributed by atoms with Crippen LogP contribution in [0.5, 0.6) is 0 Å². The van der Waals surface area contributed by atoms with Crippen molar-refractivity contribution in [1.82, 2.24) is 4.98 Å². The first-order valence-corrected chi connectivity index (χ1v) is 7.52. The predicted octanol–water partition coefficient (Wildman–Crippen LogP) is 3.52. The molecule has 0 spiro atoms. The van der Waals surface area contributed by atoms with Crippen LogP contribution in [0.4, 0.5) is 0 Å². The van der Waals surface area contributed by atoms with Crippen molar-refractivity contribution in [3.05, 3.63) is 36.0 Å². The number of hydrogen-bond acceptors (Lipinski definition) is 2. The van der Waals surface area contributed by atoms with E-state index in [0.29, 0.717) is 0 Å². The summed E-state index contributed by atoms with van der Waals surface area (Å²) in [4.78, 5) is 3.22. The van der Waals surface area contributed by atoms with E-state index >= 15 is 0 Å². The Balaban J connectivity index is 2.10. The van der Waals surface area contributed by atoms with Crippen molar-refractivity contribution in [2.75, 3.05) is 11.5 Å². The molecule has 96 valence electrons. The smallest absolute Gasteiger partial charge is 0.0998 e. The molecule has 0 amide bonds. The summed E-state index contributed by atoms with van der Waals surface area (Å²) in [5.74, 6) is 1.92. The molecule has 0 aliphatic carbocycles. The summed E-state index contributed by atoms with van der Waals surface area (Å²) in [6.45, 7) is 4.47. The molecule has 1 aromatic carbocycles. The Morgan fingerprint density at radius 2 is 2.06 bits per heavy atom. The number of aromatic amines is 1. The van der Waals surface area contributed by atoms with E-state index in [4.69, 9.17) is 0 Å². The molecule has 1 unspecified atom stereocenters. The zero-order valence-corrected chi connectivity index (χ0v) is 11.7. The summed E-state index contributed by atoms with van der Waals surface area (Å²) in [6, 6.07) is 8.22. The highest BCUT2D eigenvalue weighted by Gasteiger charge is 2.41. The fourth-order valence-electron chi connectivity index (χ4n) is 3.05. The van der Waals surface area contributed by atoms with Gasteiger partial charge in [-0.25, -0.2) is 0 Å². The van der Waals surface area contributed by atoms with Gasteiger partial charge in [-0.15, -0.1) is 0 Å². The fourth-order valence-corrected chi connectivity index (χ4v) is 4.41. The highest BCUT2D eigenvalue weighted by Crippen LogP contribution is 2.45. The maximum Gasteiger partial charge on any atom is 0.0998 e. The molecule has 2 N–H and O–H groups in total. The van der Waals surface area contributed by atoms with Gasteiger partial charge in [-0.05, 0) is 35.3 Å². The molecule has 2 nitrogen and oxygen atoms in total. The third kappa shape index (κ3) is 1.95. The molecule has 1 fully saturated rings. The highest BCUT2D eigenvalue weighted by atomic mass is 32.2. The molecule has 0 radical (unpaired) electrons. The summed E-state index contributed by atoms with van der Waals surface area (Å²) in [5, 5.41) is 12.2. The van der Waals surface area contributed by atoms with Gasteiger partial charge >= 0.3 is 0 Å². The second-order valence-corrected chi connectivity index (χ2v) is 7.10. The molecule has 2 aromatic rings. The maximum atomic E-state index is 11.1. The van der Waals surface area contributed by atoms with E-state index in [1.165, 1.54) is 0 Å². The van der Waals surface area contributed by atoms with E-state index in [-0.39, 0.29) is 5.41 Å². The molecule has 1 saturated heterocycles. The SMILES string of the molecule is CC1(C)CSCC(O)(c2cccc3[nH]ccc23)C1. The molecule has 3 heteroatoms. The number of aliphatic hydroxyl groups is 1. The van der Waals surface area contributed by atoms with E-state index in [0.717, 1.165) is 34.4 Å². The van der Waals surface area contributed by atoms with Crippen LogP contribution in [0.1, 0.15) is 25.8 Å². The molecule has 3 rings (SSSR count). The van der Waals surface area contributed by atoms with Crippen molar-refractivity contribution in [3.8, 4) is 0 Å². The van der Waals surface area contributed by atoms with Gasteiger partial charge in [0.05, 0.1) is 5.60 Å². The highest BCUT2D eigenvalue weighted by molar-refractivity contribution is 7.99. The van der Waals surface area contributed by atoms with Crippen LogP contribution in [0.3, 0.4) is 0 Å². The van der Waals surface area contributed by atoms with Crippen LogP contribution in [-0.2, 0) is 5.60 Å². The molecular weight excluding hydrogens is 242 g/mol. The topological polar surface area (TPSA) is 36.0 Å². The number of thioether (sulfide) groups is 1. The van der Waals surface area contributed by atoms with Crippen LogP contribution >= 0.6 is 11.8 Å². The minimum atomic E-state index is -0.700. The minimum Gasteiger partial charge on any atom is -0.384 e. The fraction of sp³-hybridized carbons (Fsp3) is 0.467. The first kappa shape index (κ1) is 12.1. The number of H-pyrrole nitrogens is 1. The first-order chi connectivity index (χ1) is 8.50. The molecule has 1 aliphatic heterocycles. The Hall–Kier alpha value is -0.930. The minimum absolute atomic E-state index is 0.191. The Morgan fingerprint density at radius 1 is 1.22 bits per heavy atom. The molecule has 0 saturated carbocycles. The quantitative estimate of drug-likeness (QED) is 0.824. The van der Waals surface area contributed by atoms with Crippen molar-refractivity contribution in [1.29, 1.82) is 0 Å². The van der Waals surface area contributed by atoms with Gasteiger partial charge in [0.15, 0.2) is 0 Å². The van der Waals surface area contributed by atoms with Crippen molar-refractivity contribution in [2.45, 2.75) is 25.9 Å². The second-order valence-electron chi connectivity index (χ2n) is 6.11. The number of aromatic nitrogens is 1. The summed E-state index contributed by atoms with van der Waals surface area (Å²) >= 11 is 1.85. The second kappa shape index (κ2) is 4.04. The van der Waals surface area contributed by atoms with Gasteiger partial charge in [0.1, 0.15) is 0 Å². The number of benzene rings is 1. The Kier molecular flexibility index (Phi) is 2.72. The molecule has 1 aromatic heterocycles. The van der Waals surface area contributed by atoms with Crippen molar-refractivity contribution < 1.29 is 5.11 Å². The summed E-state index contributed by atoms with van der Waals surface area (Å²) in [6.07, 6.45) is 2.77. The van der Waals surface area contributed by atoms with Crippen LogP contribution in [0, 0.1) is 5.41 Å². The standard InChI is InChI=1S/C15H19NOS/c1-14(2)8-15(17,10-18-9-14)12-4-3-5-13-11(12)6-7-16-13/h3-7,16-17H,8-10H2,1-2H3. The average Bonchev–Trinajstić information content (AvgIpc) is 2.74. The molecule has 1 atom stereocenters. The Labute approximate surface area is 112 Å². The lowest BCUT2D eigenvalue weighted by molar-refractivity contribution is 0.0170. The number of rotatable bonds is 1. The number of nitrogens with one attached hydrogen (secondary N) is 1. The Morgan fingerprint density at radius 3 is 2.83 bits per heavy atom. The monoisotopic (exact) mass is 261 g/mol. The van der Waals surface area contributed by atoms with E-state index in [1.807, 2.05) is 24.0 Å². The number of hydrogen-bond donors (Lipinski definition) is 2. The molecule has 18 heavy (non-hydrogen) atoms. The molecule has 0 bridgehead atoms. The van der Waals surface area contributed by atoms with E-state index in [2.05, 4.69) is 37.0 Å². The molecule has 1 aliphatic rings. The van der Waals surface area contributed by atoms with Gasteiger partial charge in [0.25, 0.3) is 0 Å². The third-order valence-corrected chi connectivity index (χ3v) is 5.37. The van der Waals surface area contributed by atoms with E-state index < -0.39 is 5.60 Å². The summed E-state index contributed by atoms with van der Waals surface area (Å²) in [7, 11) is 0. The van der Waals surface area contributed by atoms with Crippen LogP contribution in [0.15, 0.2) is 30.5 Å². The third-order valence-electron chi connectivity index (χ3n) is 3.70. The molecule has 2 heterocycles. The first-order valence-electron chi connectivity index (χ1n) is 6.37. The van der Waals surface area contributed by atoms with Gasteiger partial charge in [0, 0.05) is 22.9 Å². The zero-order valence-electron chi connectivity index (χ0n) is 10.9. The van der Waals surface area contributed by atoms with Gasteiger partial charge in [-0.3, -0.25) is 0 Å². The van der Waals surface area contributed by atoms with Gasteiger partial charge in [-0.1, -0.05) is 26.0 Å². The van der Waals surface area contributed by atoms with Crippen molar-refractivity contribution in [2.24, 2.45) is 5.41 Å². The van der Waals surface area contributed by atoms with Crippen LogP contribution in [-0.4, -0.2) is 21.6 Å². The lowest BCUT2D eigenvalue weighted by atomic mass is 9.77. The normalized spacial score (nSPS) is 27.5. The van der Waals surface area contributed by atoms with Crippen molar-refractivity contribution >= 4 is 22.7 Å². The lowest BCUT2D eigenvalue weighted by Crippen LogP contribution is -2.40. The van der Waals surface area contributed by atoms with Crippen LogP contribution in [0.25, 0.3) is 10.9 Å². The predicted molar refractivity (Wildman–Crippen MR) is 77.9 cm³/mol. The van der Waals surface area contributed by atoms with Crippen LogP contribution < -0.4 is 0 Å². The maximum absolute atomic E-state index is 11.1. The van der Waals surface area contributed by atoms with Crippen molar-refractivity contribution in [3.63, 3.8) is 0 Å². The lowest BCUT2D eigenvalue weighted by Gasteiger charge is -2.41. The van der Waals surface area contributed by atoms with E-state index in [9.17, 15) is 5.11 Å². The number of fused-ring (bicyclic) bond motifs is 1. The van der Waals surface area contributed by atoms with E-state index in [1.54, 1.807) is 0 Å². The average molecular weight is 261 g/mol. The summed E-state index contributed by atoms with van der Waals surface area (Å²) < 4.78 is 0. The Bertz CT molecular complexity index is 575. The van der Waals surface area contributed by atoms with Gasteiger partial charge < -0.3 is 10.1 Å². The largest absolute Gasteiger partial charge is 0.384 e. The summed E-state index contributed by atoms with van der Waals surface area (Å²) in [5.41, 5.74) is 1.67.